The van der Waals surface area contributed by atoms with Gasteiger partial charge >= 0.3 is 24.7 Å². The van der Waals surface area contributed by atoms with Crippen LogP contribution in [0.25, 0.3) is 0 Å². The second kappa shape index (κ2) is 22.3. The molecule has 2 nitrogen and oxygen atoms in total. The van der Waals surface area contributed by atoms with E-state index in [1.54, 1.807) is 14.2 Å². The minimum absolute atomic E-state index is 0. The van der Waals surface area contributed by atoms with Gasteiger partial charge in [-0.25, -0.2) is 0 Å². The average Bonchev–Trinajstić information content (AvgIpc) is 4.00. The summed E-state index contributed by atoms with van der Waals surface area (Å²) in [6.07, 6.45) is -12.4. The molecule has 0 saturated heterocycles. The molecular formula is C52H54F12FeO2P2. The first kappa shape index (κ1) is 56.2. The molecule has 0 radical (unpaired) electrons. The minimum atomic E-state index is -5.33. The van der Waals surface area contributed by atoms with Gasteiger partial charge in [-0.1, -0.05) is 69.7 Å². The molecule has 0 aromatic heterocycles. The Labute approximate surface area is 408 Å². The monoisotopic (exact) mass is 1060 g/mol. The van der Waals surface area contributed by atoms with Gasteiger partial charge in [0.05, 0.1) is 36.5 Å². The molecule has 2 aliphatic carbocycles. The largest absolute Gasteiger partial charge is 0.496 e. The molecule has 0 bridgehead atoms. The maximum absolute atomic E-state index is 14.3. The third kappa shape index (κ3) is 13.0. The summed E-state index contributed by atoms with van der Waals surface area (Å²) in [6.45, 7) is 9.21. The van der Waals surface area contributed by atoms with E-state index in [1.165, 1.54) is 39.0 Å². The molecule has 69 heavy (non-hydrogen) atoms. The maximum atomic E-state index is 14.3. The molecule has 0 aliphatic heterocycles. The van der Waals surface area contributed by atoms with Gasteiger partial charge in [-0.05, 0) is 189 Å². The van der Waals surface area contributed by atoms with Crippen molar-refractivity contribution < 1.29 is 79.2 Å². The van der Waals surface area contributed by atoms with Crippen molar-refractivity contribution in [2.75, 3.05) is 14.2 Å². The van der Waals surface area contributed by atoms with E-state index in [-0.39, 0.29) is 29.2 Å². The van der Waals surface area contributed by atoms with Gasteiger partial charge in [0.1, 0.15) is 11.5 Å². The van der Waals surface area contributed by atoms with Crippen molar-refractivity contribution in [2.45, 2.75) is 122 Å². The van der Waals surface area contributed by atoms with Crippen LogP contribution in [0.5, 0.6) is 11.5 Å². The van der Waals surface area contributed by atoms with Gasteiger partial charge in [0.25, 0.3) is 0 Å². The van der Waals surface area contributed by atoms with Crippen LogP contribution in [-0.4, -0.2) is 19.9 Å². The molecule has 5 aromatic rings. The molecule has 0 amide bonds. The Kier molecular flexibility index (Phi) is 18.2. The molecule has 376 valence electrons. The van der Waals surface area contributed by atoms with Crippen molar-refractivity contribution in [3.63, 3.8) is 0 Å². The van der Waals surface area contributed by atoms with Crippen LogP contribution in [-0.2, 0) is 41.8 Å². The Morgan fingerprint density at radius 3 is 1.16 bits per heavy atom. The van der Waals surface area contributed by atoms with Crippen LogP contribution in [0, 0.1) is 33.6 Å². The molecule has 0 heterocycles. The minimum Gasteiger partial charge on any atom is -0.496 e. The Morgan fingerprint density at radius 2 is 0.826 bits per heavy atom. The van der Waals surface area contributed by atoms with Gasteiger partial charge in [0.2, 0.25) is 0 Å². The number of rotatable bonds is 10. The molecule has 2 aliphatic rings. The van der Waals surface area contributed by atoms with Crippen LogP contribution in [0.2, 0.25) is 0 Å². The van der Waals surface area contributed by atoms with E-state index in [1.807, 2.05) is 76.2 Å². The van der Waals surface area contributed by atoms with Crippen LogP contribution in [0.3, 0.4) is 0 Å². The maximum Gasteiger partial charge on any atom is 0.416 e. The number of aryl methyl sites for hydroxylation is 4. The van der Waals surface area contributed by atoms with Crippen molar-refractivity contribution in [2.24, 2.45) is 5.92 Å². The quantitative estimate of drug-likeness (QED) is 0.0788. The van der Waals surface area contributed by atoms with E-state index >= 15 is 0 Å². The molecule has 5 aromatic carbocycles. The third-order valence-electron chi connectivity index (χ3n) is 12.9. The number of hydrogen-bond donors (Lipinski definition) is 0. The number of hydrogen-bond acceptors (Lipinski definition) is 2. The normalized spacial score (nSPS) is 17.1. The predicted molar refractivity (Wildman–Crippen MR) is 249 cm³/mol. The Morgan fingerprint density at radius 1 is 0.478 bits per heavy atom. The number of ether oxygens (including phenoxy) is 2. The number of halogens is 12. The second-order valence-electron chi connectivity index (χ2n) is 17.7. The van der Waals surface area contributed by atoms with E-state index in [9.17, 15) is 52.7 Å². The Bertz CT molecular complexity index is 2310. The number of methoxy groups -OCH3 is 2. The second-order valence-corrected chi connectivity index (χ2v) is 22.5. The zero-order chi connectivity index (χ0) is 50.1. The third-order valence-corrected chi connectivity index (χ3v) is 18.2. The molecule has 2 fully saturated rings. The summed E-state index contributed by atoms with van der Waals surface area (Å²) in [6, 6.07) is 17.2. The fourth-order valence-electron chi connectivity index (χ4n) is 9.99. The number of benzene rings is 5. The van der Waals surface area contributed by atoms with E-state index in [4.69, 9.17) is 9.47 Å². The van der Waals surface area contributed by atoms with Crippen LogP contribution in [0.15, 0.2) is 84.9 Å². The van der Waals surface area contributed by atoms with Gasteiger partial charge in [0.15, 0.2) is 0 Å². The summed E-state index contributed by atoms with van der Waals surface area (Å²) in [5, 5.41) is 1.53. The fourth-order valence-corrected chi connectivity index (χ4v) is 16.0. The molecule has 3 atom stereocenters. The fraction of sp³-hybridized carbons (Fsp3) is 0.423. The summed E-state index contributed by atoms with van der Waals surface area (Å²) in [4.78, 5) is 0. The van der Waals surface area contributed by atoms with Crippen LogP contribution >= 0.6 is 15.8 Å². The zero-order valence-electron chi connectivity index (χ0n) is 39.1. The van der Waals surface area contributed by atoms with E-state index < -0.39 is 90.9 Å². The van der Waals surface area contributed by atoms with Gasteiger partial charge < -0.3 is 9.47 Å². The topological polar surface area (TPSA) is 18.5 Å². The Balaban J connectivity index is 0.00000139. The molecule has 17 heteroatoms. The Hall–Kier alpha value is -3.76. The molecular weight excluding hydrogens is 1000 g/mol. The molecule has 7 rings (SSSR count). The predicted octanol–water partition coefficient (Wildman–Crippen LogP) is 15.1. The number of alkyl halides is 12. The smallest absolute Gasteiger partial charge is 0.416 e. The van der Waals surface area contributed by atoms with E-state index in [0.29, 0.717) is 55.0 Å². The molecule has 0 spiro atoms. The first-order valence-corrected chi connectivity index (χ1v) is 25.1. The van der Waals surface area contributed by atoms with E-state index in [2.05, 4.69) is 0 Å². The average molecular weight is 1060 g/mol. The van der Waals surface area contributed by atoms with E-state index in [0.717, 1.165) is 43.7 Å². The summed E-state index contributed by atoms with van der Waals surface area (Å²) < 4.78 is 183. The summed E-state index contributed by atoms with van der Waals surface area (Å²) in [7, 11) is -1.01. The van der Waals surface area contributed by atoms with Gasteiger partial charge in [0, 0.05) is 17.1 Å². The van der Waals surface area contributed by atoms with Crippen molar-refractivity contribution >= 4 is 42.4 Å². The zero-order valence-corrected chi connectivity index (χ0v) is 42.0. The summed E-state index contributed by atoms with van der Waals surface area (Å²) >= 11 is 0. The first-order chi connectivity index (χ1) is 31.7. The van der Waals surface area contributed by atoms with Crippen molar-refractivity contribution in [3.05, 3.63) is 135 Å². The van der Waals surface area contributed by atoms with Crippen LogP contribution in [0.1, 0.15) is 114 Å². The SMILES string of the molecule is C1CCCC1.COc1c(C)cc(P(c2cc(C)c(OC)c(C)c2)c2ccccc2C2CCCC2[C@@H](C)P(c2cc(C(F)(F)F)cc(C(F)(F)F)c2)c2cc(C(F)(F)F)cc(C(F)(F)F)c2)cc1C.[Fe]. The van der Waals surface area contributed by atoms with Gasteiger partial charge in [-0.3, -0.25) is 0 Å². The molecule has 0 N–H and O–H groups in total. The summed E-state index contributed by atoms with van der Waals surface area (Å²) in [5.74, 6) is 0.371. The van der Waals surface area contributed by atoms with Gasteiger partial charge in [-0.15, -0.1) is 0 Å². The molecule has 2 unspecified atom stereocenters. The van der Waals surface area contributed by atoms with Crippen LogP contribution < -0.4 is 36.0 Å². The summed E-state index contributed by atoms with van der Waals surface area (Å²) in [5.41, 5.74) is -3.58. The first-order valence-electron chi connectivity index (χ1n) is 22.3. The van der Waals surface area contributed by atoms with Crippen molar-refractivity contribution in [1.29, 1.82) is 0 Å². The van der Waals surface area contributed by atoms with Crippen molar-refractivity contribution in [1.82, 2.24) is 0 Å². The van der Waals surface area contributed by atoms with Crippen LogP contribution in [0.4, 0.5) is 52.7 Å². The standard InChI is InChI=1S/C47H44F12O2P2.C5H10.Fe/c1-25-15-34(16-26(2)42(25)60-6)63(35-17-27(3)43(61-7)28(4)18-35)41-14-9-8-11-40(41)39-13-10-12-38(39)29(5)62(36-21-30(44(48,49)50)19-31(22-36)45(51,52)53)37-23-32(46(54,55)56)20-33(24-37)47(57,58)59;1-2-4-5-3-1;/h8-9,11,14-24,29,38-39H,10,12-13H2,1-7H3;1-5H2;/t29-,38?,39?;;/m1../s1. The molecule has 2 saturated carbocycles. The van der Waals surface area contributed by atoms with Gasteiger partial charge in [-0.2, -0.15) is 52.7 Å². The van der Waals surface area contributed by atoms with Crippen molar-refractivity contribution in [3.8, 4) is 11.5 Å².